The molecule has 24 heavy (non-hydrogen) atoms. The van der Waals surface area contributed by atoms with Crippen molar-refractivity contribution in [2.24, 2.45) is 0 Å². The van der Waals surface area contributed by atoms with Gasteiger partial charge in [0.05, 0.1) is 5.69 Å². The number of amides is 3. The highest BCUT2D eigenvalue weighted by Crippen LogP contribution is 2.39. The first-order valence-corrected chi connectivity index (χ1v) is 7.63. The van der Waals surface area contributed by atoms with Crippen molar-refractivity contribution in [3.63, 3.8) is 0 Å². The lowest BCUT2D eigenvalue weighted by atomic mass is 10.0. The van der Waals surface area contributed by atoms with Crippen LogP contribution in [0.15, 0.2) is 48.6 Å². The first kappa shape index (κ1) is 14.4. The molecule has 2 aromatic rings. The van der Waals surface area contributed by atoms with E-state index in [9.17, 15) is 14.4 Å². The van der Waals surface area contributed by atoms with Crippen LogP contribution in [0.25, 0.3) is 11.1 Å². The SMILES string of the molecule is CC(=O)Nc1ccc2c(c1)Cc1cc(N3C(=O)C=CC3=O)ccc1-2. The first-order chi connectivity index (χ1) is 11.5. The van der Waals surface area contributed by atoms with Crippen molar-refractivity contribution < 1.29 is 14.4 Å². The van der Waals surface area contributed by atoms with Crippen molar-refractivity contribution >= 4 is 29.1 Å². The van der Waals surface area contributed by atoms with Crippen LogP contribution in [0.5, 0.6) is 0 Å². The van der Waals surface area contributed by atoms with Gasteiger partial charge in [0.25, 0.3) is 11.8 Å². The Kier molecular flexibility index (Phi) is 3.09. The van der Waals surface area contributed by atoms with Crippen molar-refractivity contribution in [2.75, 3.05) is 10.2 Å². The van der Waals surface area contributed by atoms with E-state index in [0.717, 1.165) is 27.9 Å². The van der Waals surface area contributed by atoms with Gasteiger partial charge in [-0.05, 0) is 52.9 Å². The molecule has 1 N–H and O–H groups in total. The predicted molar refractivity (Wildman–Crippen MR) is 90.6 cm³/mol. The maximum atomic E-state index is 11.8. The molecular formula is C19H14N2O3. The summed E-state index contributed by atoms with van der Waals surface area (Å²) in [6, 6.07) is 11.4. The average molecular weight is 318 g/mol. The van der Waals surface area contributed by atoms with E-state index >= 15 is 0 Å². The lowest BCUT2D eigenvalue weighted by molar-refractivity contribution is -0.120. The number of benzene rings is 2. The van der Waals surface area contributed by atoms with E-state index in [0.29, 0.717) is 12.1 Å². The molecule has 1 aliphatic carbocycles. The number of hydrogen-bond donors (Lipinski definition) is 1. The number of nitrogens with one attached hydrogen (secondary N) is 1. The quantitative estimate of drug-likeness (QED) is 0.739. The summed E-state index contributed by atoms with van der Waals surface area (Å²) < 4.78 is 0. The highest BCUT2D eigenvalue weighted by Gasteiger charge is 2.27. The zero-order chi connectivity index (χ0) is 16.8. The summed E-state index contributed by atoms with van der Waals surface area (Å²) in [5, 5.41) is 2.78. The number of anilines is 2. The molecule has 1 aliphatic heterocycles. The van der Waals surface area contributed by atoms with E-state index in [1.54, 1.807) is 6.07 Å². The molecule has 1 heterocycles. The molecule has 3 amide bonds. The normalized spacial score (nSPS) is 14.8. The van der Waals surface area contributed by atoms with E-state index in [1.807, 2.05) is 30.3 Å². The summed E-state index contributed by atoms with van der Waals surface area (Å²) in [7, 11) is 0. The number of imide groups is 1. The van der Waals surface area contributed by atoms with Gasteiger partial charge in [-0.3, -0.25) is 14.4 Å². The smallest absolute Gasteiger partial charge is 0.258 e. The van der Waals surface area contributed by atoms with Gasteiger partial charge >= 0.3 is 0 Å². The van der Waals surface area contributed by atoms with Crippen molar-refractivity contribution in [2.45, 2.75) is 13.3 Å². The van der Waals surface area contributed by atoms with E-state index in [2.05, 4.69) is 5.32 Å². The van der Waals surface area contributed by atoms with Gasteiger partial charge < -0.3 is 5.32 Å². The standard InChI is InChI=1S/C19H14N2O3/c1-11(22)20-14-2-4-16-12(9-14)8-13-10-15(3-5-17(13)16)21-18(23)6-7-19(21)24/h2-7,9-10H,8H2,1H3,(H,20,22). The molecule has 0 atom stereocenters. The largest absolute Gasteiger partial charge is 0.326 e. The van der Waals surface area contributed by atoms with Gasteiger partial charge in [-0.2, -0.15) is 0 Å². The minimum atomic E-state index is -0.316. The molecule has 0 fully saturated rings. The molecule has 0 bridgehead atoms. The second-order valence-electron chi connectivity index (χ2n) is 5.92. The van der Waals surface area contributed by atoms with Gasteiger partial charge in [0.1, 0.15) is 0 Å². The van der Waals surface area contributed by atoms with Crippen molar-refractivity contribution in [1.29, 1.82) is 0 Å². The Morgan fingerprint density at radius 1 is 0.958 bits per heavy atom. The Labute approximate surface area is 138 Å². The summed E-state index contributed by atoms with van der Waals surface area (Å²) in [6.07, 6.45) is 3.27. The van der Waals surface area contributed by atoms with Crippen molar-refractivity contribution in [1.82, 2.24) is 0 Å². The molecule has 2 aromatic carbocycles. The van der Waals surface area contributed by atoms with E-state index < -0.39 is 0 Å². The number of hydrogen-bond acceptors (Lipinski definition) is 3. The summed E-state index contributed by atoms with van der Waals surface area (Å²) in [6.45, 7) is 1.48. The second kappa shape index (κ2) is 5.16. The Bertz CT molecular complexity index is 926. The van der Waals surface area contributed by atoms with Crippen LogP contribution in [-0.4, -0.2) is 17.7 Å². The molecule has 0 saturated heterocycles. The summed E-state index contributed by atoms with van der Waals surface area (Å²) >= 11 is 0. The Morgan fingerprint density at radius 3 is 2.25 bits per heavy atom. The van der Waals surface area contributed by atoms with Crippen molar-refractivity contribution in [3.8, 4) is 11.1 Å². The number of carbonyl (C=O) groups excluding carboxylic acids is 3. The van der Waals surface area contributed by atoms with Crippen LogP contribution in [0.1, 0.15) is 18.1 Å². The zero-order valence-corrected chi connectivity index (χ0v) is 13.0. The van der Waals surface area contributed by atoms with E-state index in [1.165, 1.54) is 24.0 Å². The number of rotatable bonds is 2. The zero-order valence-electron chi connectivity index (χ0n) is 13.0. The Morgan fingerprint density at radius 2 is 1.58 bits per heavy atom. The van der Waals surface area contributed by atoms with Crippen LogP contribution >= 0.6 is 0 Å². The molecular weight excluding hydrogens is 304 g/mol. The lowest BCUT2D eigenvalue weighted by Crippen LogP contribution is -2.29. The third-order valence-corrected chi connectivity index (χ3v) is 4.25. The molecule has 0 radical (unpaired) electrons. The Hall–Kier alpha value is -3.21. The van der Waals surface area contributed by atoms with Crippen LogP contribution in [0.3, 0.4) is 0 Å². The minimum Gasteiger partial charge on any atom is -0.326 e. The van der Waals surface area contributed by atoms with E-state index in [-0.39, 0.29) is 17.7 Å². The summed E-state index contributed by atoms with van der Waals surface area (Å²) in [5.41, 5.74) is 5.74. The topological polar surface area (TPSA) is 66.5 Å². The maximum absolute atomic E-state index is 11.8. The van der Waals surface area contributed by atoms with Gasteiger partial charge in [0, 0.05) is 24.8 Å². The molecule has 0 spiro atoms. The van der Waals surface area contributed by atoms with E-state index in [4.69, 9.17) is 0 Å². The van der Waals surface area contributed by atoms with Gasteiger partial charge in [0.15, 0.2) is 0 Å². The van der Waals surface area contributed by atoms with Gasteiger partial charge in [0.2, 0.25) is 5.91 Å². The molecule has 4 rings (SSSR count). The van der Waals surface area contributed by atoms with Crippen LogP contribution in [0.4, 0.5) is 11.4 Å². The van der Waals surface area contributed by atoms with Gasteiger partial charge in [-0.1, -0.05) is 12.1 Å². The van der Waals surface area contributed by atoms with Crippen LogP contribution < -0.4 is 10.2 Å². The first-order valence-electron chi connectivity index (χ1n) is 7.63. The van der Waals surface area contributed by atoms with Crippen LogP contribution in [-0.2, 0) is 20.8 Å². The maximum Gasteiger partial charge on any atom is 0.258 e. The molecule has 0 saturated carbocycles. The fourth-order valence-electron chi connectivity index (χ4n) is 3.27. The third kappa shape index (κ3) is 2.22. The fraction of sp³-hybridized carbons (Fsp3) is 0.105. The summed E-state index contributed by atoms with van der Waals surface area (Å²) in [4.78, 5) is 36.0. The second-order valence-corrected chi connectivity index (χ2v) is 5.92. The third-order valence-electron chi connectivity index (χ3n) is 4.25. The predicted octanol–water partition coefficient (Wildman–Crippen LogP) is 2.65. The number of carbonyl (C=O) groups is 3. The molecule has 2 aliphatic rings. The minimum absolute atomic E-state index is 0.105. The van der Waals surface area contributed by atoms with Crippen LogP contribution in [0, 0.1) is 0 Å². The van der Waals surface area contributed by atoms with Gasteiger partial charge in [-0.15, -0.1) is 0 Å². The molecule has 0 unspecified atom stereocenters. The molecule has 5 heteroatoms. The number of fused-ring (bicyclic) bond motifs is 3. The van der Waals surface area contributed by atoms with Crippen molar-refractivity contribution in [3.05, 3.63) is 59.7 Å². The van der Waals surface area contributed by atoms with Gasteiger partial charge in [-0.25, -0.2) is 4.90 Å². The number of nitrogens with zero attached hydrogens (tertiary/aromatic N) is 1. The monoisotopic (exact) mass is 318 g/mol. The van der Waals surface area contributed by atoms with Crippen LogP contribution in [0.2, 0.25) is 0 Å². The fourth-order valence-corrected chi connectivity index (χ4v) is 3.27. The average Bonchev–Trinajstić information content (AvgIpc) is 3.05. The molecule has 0 aromatic heterocycles. The highest BCUT2D eigenvalue weighted by molar-refractivity contribution is 6.28. The summed E-state index contributed by atoms with van der Waals surface area (Å²) in [5.74, 6) is -0.738. The highest BCUT2D eigenvalue weighted by atomic mass is 16.2. The molecule has 118 valence electrons. The lowest BCUT2D eigenvalue weighted by Gasteiger charge is -2.15. The Balaban J connectivity index is 1.69. The molecule has 5 nitrogen and oxygen atoms in total.